The van der Waals surface area contributed by atoms with Gasteiger partial charge in [0.25, 0.3) is 0 Å². The van der Waals surface area contributed by atoms with Gasteiger partial charge in [-0.1, -0.05) is 0 Å². The van der Waals surface area contributed by atoms with Crippen molar-refractivity contribution in [1.29, 1.82) is 0 Å². The maximum atomic E-state index is 10.5. The van der Waals surface area contributed by atoms with E-state index in [9.17, 15) is 18.2 Å². The van der Waals surface area contributed by atoms with Crippen LogP contribution < -0.4 is 5.26 Å². The van der Waals surface area contributed by atoms with E-state index in [1.807, 2.05) is 0 Å². The second-order valence-corrected chi connectivity index (χ2v) is 4.30. The average molecular weight is 236 g/mol. The SMILES string of the molecule is O=S(=O)([O-])c1ccc(SOO[O-])cc1. The van der Waals surface area contributed by atoms with Crippen LogP contribution in [0.25, 0.3) is 0 Å². The van der Waals surface area contributed by atoms with Crippen LogP contribution in [0.3, 0.4) is 0 Å². The quantitative estimate of drug-likeness (QED) is 0.309. The predicted octanol–water partition coefficient (Wildman–Crippen LogP) is -0.179. The first-order chi connectivity index (χ1) is 6.54. The van der Waals surface area contributed by atoms with Crippen LogP contribution in [-0.4, -0.2) is 13.0 Å². The van der Waals surface area contributed by atoms with Crippen LogP contribution in [-0.2, 0) is 19.5 Å². The van der Waals surface area contributed by atoms with Gasteiger partial charge in [0.15, 0.2) is 0 Å². The molecule has 0 fully saturated rings. The molecule has 6 nitrogen and oxygen atoms in total. The molecule has 0 spiro atoms. The summed E-state index contributed by atoms with van der Waals surface area (Å²) < 4.78 is 35.4. The molecule has 14 heavy (non-hydrogen) atoms. The van der Waals surface area contributed by atoms with Gasteiger partial charge in [-0.05, 0) is 24.3 Å². The second-order valence-electron chi connectivity index (χ2n) is 2.14. The molecule has 0 unspecified atom stereocenters. The van der Waals surface area contributed by atoms with Crippen molar-refractivity contribution >= 4 is 22.2 Å². The first kappa shape index (κ1) is 11.4. The molecule has 0 saturated heterocycles. The number of hydrogen-bond acceptors (Lipinski definition) is 7. The van der Waals surface area contributed by atoms with Crippen LogP contribution in [0.5, 0.6) is 0 Å². The Morgan fingerprint density at radius 2 is 1.79 bits per heavy atom. The number of hydrogen-bond donors (Lipinski definition) is 0. The molecule has 0 aliphatic rings. The lowest BCUT2D eigenvalue weighted by molar-refractivity contribution is -0.777. The monoisotopic (exact) mass is 236 g/mol. The van der Waals surface area contributed by atoms with Gasteiger partial charge in [-0.15, -0.1) is 0 Å². The summed E-state index contributed by atoms with van der Waals surface area (Å²) in [5.74, 6) is 0. The minimum absolute atomic E-state index is 0.343. The van der Waals surface area contributed by atoms with E-state index < -0.39 is 10.1 Å². The Labute approximate surface area is 84.3 Å². The van der Waals surface area contributed by atoms with Crippen LogP contribution in [0, 0.1) is 0 Å². The Morgan fingerprint density at radius 1 is 1.21 bits per heavy atom. The molecular weight excluding hydrogens is 232 g/mol. The molecule has 0 atom stereocenters. The van der Waals surface area contributed by atoms with E-state index in [0.717, 1.165) is 12.1 Å². The highest BCUT2D eigenvalue weighted by Gasteiger charge is 2.01. The normalized spacial score (nSPS) is 11.6. The Morgan fingerprint density at radius 3 is 2.21 bits per heavy atom. The summed E-state index contributed by atoms with van der Waals surface area (Å²) >= 11 is 0.608. The summed E-state index contributed by atoms with van der Waals surface area (Å²) in [5, 5.41) is 12.5. The van der Waals surface area contributed by atoms with Crippen molar-refractivity contribution in [3.05, 3.63) is 24.3 Å². The lowest BCUT2D eigenvalue weighted by Crippen LogP contribution is -2.01. The highest BCUT2D eigenvalue weighted by molar-refractivity contribution is 7.94. The summed E-state index contributed by atoms with van der Waals surface area (Å²) in [7, 11) is -4.43. The van der Waals surface area contributed by atoms with Gasteiger partial charge in [-0.2, -0.15) is 4.33 Å². The third-order valence-electron chi connectivity index (χ3n) is 1.27. The van der Waals surface area contributed by atoms with Crippen molar-refractivity contribution in [3.63, 3.8) is 0 Å². The molecule has 1 aromatic rings. The molecule has 1 aromatic carbocycles. The zero-order chi connectivity index (χ0) is 10.6. The molecule has 0 amide bonds. The van der Waals surface area contributed by atoms with Crippen molar-refractivity contribution in [1.82, 2.24) is 0 Å². The van der Waals surface area contributed by atoms with Crippen molar-refractivity contribution in [2.75, 3.05) is 0 Å². The fourth-order valence-corrected chi connectivity index (χ4v) is 1.54. The van der Waals surface area contributed by atoms with Gasteiger partial charge in [0.2, 0.25) is 0 Å². The third kappa shape index (κ3) is 3.25. The molecule has 0 aliphatic carbocycles. The van der Waals surface area contributed by atoms with E-state index in [1.165, 1.54) is 12.1 Å². The van der Waals surface area contributed by atoms with Gasteiger partial charge in [-0.25, -0.2) is 8.42 Å². The molecule has 8 heteroatoms. The van der Waals surface area contributed by atoms with E-state index in [0.29, 0.717) is 16.9 Å². The van der Waals surface area contributed by atoms with Crippen LogP contribution in [0.15, 0.2) is 34.1 Å². The summed E-state index contributed by atoms with van der Waals surface area (Å²) in [6.07, 6.45) is 0. The third-order valence-corrected chi connectivity index (χ3v) is 2.71. The van der Waals surface area contributed by atoms with Crippen LogP contribution in [0.4, 0.5) is 0 Å². The summed E-state index contributed by atoms with van der Waals surface area (Å²) in [5.41, 5.74) is 0. The molecule has 0 saturated carbocycles. The average Bonchev–Trinajstić information content (AvgIpc) is 2.14. The molecule has 0 aromatic heterocycles. The second kappa shape index (κ2) is 4.73. The van der Waals surface area contributed by atoms with E-state index >= 15 is 0 Å². The smallest absolute Gasteiger partial charge is 0.124 e. The first-order valence-corrected chi connectivity index (χ1v) is 5.38. The van der Waals surface area contributed by atoms with E-state index in [4.69, 9.17) is 0 Å². The minimum Gasteiger partial charge on any atom is -0.744 e. The van der Waals surface area contributed by atoms with Crippen LogP contribution in [0.1, 0.15) is 0 Å². The Bertz CT molecular complexity index is 383. The standard InChI is InChI=1S/C6H6O6S2/c7-11-12-13-5-1-3-6(4-2-5)14(8,9)10/h1-4,7H,(H,8,9,10)/p-2. The van der Waals surface area contributed by atoms with Crippen molar-refractivity contribution in [3.8, 4) is 0 Å². The lowest BCUT2D eigenvalue weighted by Gasteiger charge is -2.07. The van der Waals surface area contributed by atoms with Crippen LogP contribution in [0.2, 0.25) is 0 Å². The Kier molecular flexibility index (Phi) is 3.86. The zero-order valence-electron chi connectivity index (χ0n) is 6.58. The van der Waals surface area contributed by atoms with Crippen LogP contribution >= 0.6 is 12.0 Å². The maximum Gasteiger partial charge on any atom is 0.124 e. The van der Waals surface area contributed by atoms with Gasteiger partial charge >= 0.3 is 0 Å². The fraction of sp³-hybridized carbons (Fsp3) is 0. The first-order valence-electron chi connectivity index (χ1n) is 3.23. The lowest BCUT2D eigenvalue weighted by atomic mass is 10.4. The minimum atomic E-state index is -4.43. The molecule has 0 bridgehead atoms. The summed E-state index contributed by atoms with van der Waals surface area (Å²) in [6, 6.07) is 4.85. The van der Waals surface area contributed by atoms with E-state index in [-0.39, 0.29) is 4.90 Å². The topological polar surface area (TPSA) is 98.7 Å². The van der Waals surface area contributed by atoms with Gasteiger partial charge in [-0.3, -0.25) is 5.04 Å². The van der Waals surface area contributed by atoms with Gasteiger partial charge in [0.05, 0.1) is 16.9 Å². The largest absolute Gasteiger partial charge is 0.744 e. The van der Waals surface area contributed by atoms with E-state index in [1.54, 1.807) is 0 Å². The molecule has 0 heterocycles. The van der Waals surface area contributed by atoms with Gasteiger partial charge < -0.3 is 9.81 Å². The van der Waals surface area contributed by atoms with Gasteiger partial charge in [0, 0.05) is 4.90 Å². The van der Waals surface area contributed by atoms with Crippen molar-refractivity contribution in [2.45, 2.75) is 9.79 Å². The summed E-state index contributed by atoms with van der Waals surface area (Å²) in [6.45, 7) is 0. The molecule has 78 valence electrons. The molecule has 1 rings (SSSR count). The van der Waals surface area contributed by atoms with Gasteiger partial charge in [0.1, 0.15) is 10.1 Å². The van der Waals surface area contributed by atoms with E-state index in [2.05, 4.69) is 9.37 Å². The summed E-state index contributed by atoms with van der Waals surface area (Å²) in [4.78, 5) is 0.0955. The predicted molar refractivity (Wildman–Crippen MR) is 42.4 cm³/mol. The highest BCUT2D eigenvalue weighted by atomic mass is 32.2. The highest BCUT2D eigenvalue weighted by Crippen LogP contribution is 2.20. The zero-order valence-corrected chi connectivity index (χ0v) is 8.21. The number of benzene rings is 1. The molecule has 0 N–H and O–H groups in total. The molecule has 0 aliphatic heterocycles. The van der Waals surface area contributed by atoms with Crippen molar-refractivity contribution in [2.24, 2.45) is 0 Å². The number of rotatable bonds is 4. The molecule has 0 radical (unpaired) electrons. The molecular formula is C6H4O6S2-2. The Hall–Kier alpha value is -0.640. The Balaban J connectivity index is 2.79. The fourth-order valence-electron chi connectivity index (χ4n) is 0.715. The maximum absolute atomic E-state index is 10.5. The van der Waals surface area contributed by atoms with Crippen molar-refractivity contribution < 1.29 is 27.6 Å².